The van der Waals surface area contributed by atoms with Gasteiger partial charge in [-0.05, 0) is 35.4 Å². The molecule has 0 aliphatic carbocycles. The SMILES string of the molecule is O=c1[nH]c2cc(Cl)c(-c3ccc(-c4ccccc4O)cc3)cc2c(O)c1-n1cccn1. The molecule has 152 valence electrons. The number of hydrogen-bond donors (Lipinski definition) is 3. The summed E-state index contributed by atoms with van der Waals surface area (Å²) < 4.78 is 1.32. The van der Waals surface area contributed by atoms with Crippen LogP contribution < -0.4 is 5.56 Å². The Kier molecular flexibility index (Phi) is 4.49. The molecule has 3 N–H and O–H groups in total. The summed E-state index contributed by atoms with van der Waals surface area (Å²) >= 11 is 6.50. The molecule has 0 unspecified atom stereocenters. The Morgan fingerprint density at radius 1 is 0.903 bits per heavy atom. The summed E-state index contributed by atoms with van der Waals surface area (Å²) in [5, 5.41) is 25.9. The van der Waals surface area contributed by atoms with Crippen LogP contribution in [0, 0.1) is 0 Å². The first kappa shape index (κ1) is 19.0. The molecule has 0 saturated carbocycles. The molecule has 3 aromatic carbocycles. The fourth-order valence-electron chi connectivity index (χ4n) is 3.67. The fraction of sp³-hybridized carbons (Fsp3) is 0. The lowest BCUT2D eigenvalue weighted by Gasteiger charge is -2.12. The van der Waals surface area contributed by atoms with E-state index < -0.39 is 5.56 Å². The molecule has 0 atom stereocenters. The third kappa shape index (κ3) is 3.23. The van der Waals surface area contributed by atoms with Gasteiger partial charge in [-0.2, -0.15) is 5.10 Å². The zero-order valence-corrected chi connectivity index (χ0v) is 16.8. The van der Waals surface area contributed by atoms with Crippen LogP contribution in [-0.4, -0.2) is 25.0 Å². The minimum Gasteiger partial charge on any atom is -0.507 e. The lowest BCUT2D eigenvalue weighted by atomic mass is 9.98. The number of fused-ring (bicyclic) bond motifs is 1. The molecule has 0 bridgehead atoms. The van der Waals surface area contributed by atoms with Crippen molar-refractivity contribution in [2.24, 2.45) is 0 Å². The van der Waals surface area contributed by atoms with Gasteiger partial charge in [-0.25, -0.2) is 4.68 Å². The van der Waals surface area contributed by atoms with Gasteiger partial charge in [-0.1, -0.05) is 54.1 Å². The Labute approximate surface area is 181 Å². The Bertz CT molecular complexity index is 1470. The summed E-state index contributed by atoms with van der Waals surface area (Å²) in [6.07, 6.45) is 3.12. The zero-order chi connectivity index (χ0) is 21.5. The first-order valence-electron chi connectivity index (χ1n) is 9.50. The second-order valence-corrected chi connectivity index (χ2v) is 7.48. The largest absolute Gasteiger partial charge is 0.507 e. The molecule has 0 spiro atoms. The second kappa shape index (κ2) is 7.34. The number of aromatic nitrogens is 3. The Morgan fingerprint density at radius 3 is 2.29 bits per heavy atom. The van der Waals surface area contributed by atoms with E-state index in [4.69, 9.17) is 11.6 Å². The zero-order valence-electron chi connectivity index (χ0n) is 16.1. The highest BCUT2D eigenvalue weighted by molar-refractivity contribution is 6.34. The number of phenolic OH excluding ortho intramolecular Hbond substituents is 1. The standard InChI is InChI=1S/C24H16ClN3O3/c25-19-13-20-18(23(30)22(24(31)27-20)28-11-3-10-26-28)12-17(19)15-8-6-14(7-9-15)16-4-1-2-5-21(16)29/h1-13,29H,(H2,27,30,31). The molecule has 6 nitrogen and oxygen atoms in total. The topological polar surface area (TPSA) is 91.1 Å². The molecule has 0 aliphatic rings. The molecule has 0 fully saturated rings. The van der Waals surface area contributed by atoms with Gasteiger partial charge < -0.3 is 15.2 Å². The van der Waals surface area contributed by atoms with E-state index in [0.29, 0.717) is 21.5 Å². The number of aromatic hydroxyl groups is 2. The highest BCUT2D eigenvalue weighted by atomic mass is 35.5. The van der Waals surface area contributed by atoms with Crippen molar-refractivity contribution in [1.82, 2.24) is 14.8 Å². The third-order valence-corrected chi connectivity index (χ3v) is 5.51. The third-order valence-electron chi connectivity index (χ3n) is 5.19. The molecule has 5 aromatic rings. The number of phenols is 1. The Balaban J connectivity index is 1.64. The summed E-state index contributed by atoms with van der Waals surface area (Å²) in [5.41, 5.74) is 3.14. The van der Waals surface area contributed by atoms with Crippen molar-refractivity contribution in [3.63, 3.8) is 0 Å². The maximum absolute atomic E-state index is 12.5. The number of H-pyrrole nitrogens is 1. The Hall–Kier alpha value is -4.03. The van der Waals surface area contributed by atoms with E-state index in [1.807, 2.05) is 36.4 Å². The van der Waals surface area contributed by atoms with Crippen LogP contribution in [0.1, 0.15) is 0 Å². The van der Waals surface area contributed by atoms with E-state index in [2.05, 4.69) is 10.1 Å². The highest BCUT2D eigenvalue weighted by Gasteiger charge is 2.17. The van der Waals surface area contributed by atoms with Crippen LogP contribution in [0.4, 0.5) is 0 Å². The molecule has 2 heterocycles. The number of nitrogens with one attached hydrogen (secondary N) is 1. The quantitative estimate of drug-likeness (QED) is 0.371. The number of aromatic amines is 1. The Morgan fingerprint density at radius 2 is 1.61 bits per heavy atom. The first-order valence-corrected chi connectivity index (χ1v) is 9.88. The maximum Gasteiger partial charge on any atom is 0.278 e. The van der Waals surface area contributed by atoms with Crippen molar-refractivity contribution in [2.75, 3.05) is 0 Å². The monoisotopic (exact) mass is 429 g/mol. The molecule has 7 heteroatoms. The highest BCUT2D eigenvalue weighted by Crippen LogP contribution is 2.37. The molecule has 0 radical (unpaired) electrons. The van der Waals surface area contributed by atoms with Gasteiger partial charge in [0.25, 0.3) is 5.56 Å². The molecule has 0 amide bonds. The molecule has 0 aliphatic heterocycles. The average molecular weight is 430 g/mol. The number of pyridine rings is 1. The van der Waals surface area contributed by atoms with E-state index >= 15 is 0 Å². The number of nitrogens with zero attached hydrogens (tertiary/aromatic N) is 2. The van der Waals surface area contributed by atoms with Crippen LogP contribution in [0.5, 0.6) is 11.5 Å². The van der Waals surface area contributed by atoms with Crippen molar-refractivity contribution in [1.29, 1.82) is 0 Å². The van der Waals surface area contributed by atoms with Crippen LogP contribution in [0.3, 0.4) is 0 Å². The summed E-state index contributed by atoms with van der Waals surface area (Å²) in [5.74, 6) is 0.0326. The van der Waals surface area contributed by atoms with Gasteiger partial charge in [0.05, 0.1) is 10.5 Å². The molecular formula is C24H16ClN3O3. The number of benzene rings is 3. The van der Waals surface area contributed by atoms with Gasteiger partial charge >= 0.3 is 0 Å². The minimum absolute atomic E-state index is 0.0423. The number of para-hydroxylation sites is 1. The summed E-state index contributed by atoms with van der Waals surface area (Å²) in [6, 6.07) is 19.7. The van der Waals surface area contributed by atoms with Crippen molar-refractivity contribution >= 4 is 22.5 Å². The van der Waals surface area contributed by atoms with Crippen molar-refractivity contribution in [3.8, 4) is 39.4 Å². The van der Waals surface area contributed by atoms with Gasteiger partial charge in [0, 0.05) is 28.9 Å². The van der Waals surface area contributed by atoms with E-state index in [-0.39, 0.29) is 17.2 Å². The summed E-state index contributed by atoms with van der Waals surface area (Å²) in [4.78, 5) is 15.2. The molecular weight excluding hydrogens is 414 g/mol. The number of rotatable bonds is 3. The van der Waals surface area contributed by atoms with E-state index in [1.165, 1.54) is 10.9 Å². The van der Waals surface area contributed by atoms with E-state index in [9.17, 15) is 15.0 Å². The van der Waals surface area contributed by atoms with Crippen molar-refractivity contribution in [3.05, 3.63) is 94.5 Å². The first-order chi connectivity index (χ1) is 15.0. The smallest absolute Gasteiger partial charge is 0.278 e. The lowest BCUT2D eigenvalue weighted by molar-refractivity contribution is 0.475. The van der Waals surface area contributed by atoms with Crippen molar-refractivity contribution in [2.45, 2.75) is 0 Å². The molecule has 5 rings (SSSR count). The van der Waals surface area contributed by atoms with Gasteiger partial charge in [-0.3, -0.25) is 4.79 Å². The van der Waals surface area contributed by atoms with Crippen LogP contribution in [0.2, 0.25) is 5.02 Å². The van der Waals surface area contributed by atoms with Gasteiger partial charge in [0.1, 0.15) is 5.75 Å². The summed E-state index contributed by atoms with van der Waals surface area (Å²) in [6.45, 7) is 0. The van der Waals surface area contributed by atoms with Crippen LogP contribution >= 0.6 is 11.6 Å². The predicted molar refractivity (Wildman–Crippen MR) is 121 cm³/mol. The number of hydrogen-bond acceptors (Lipinski definition) is 4. The molecule has 2 aromatic heterocycles. The van der Waals surface area contributed by atoms with Crippen LogP contribution in [0.25, 0.3) is 38.8 Å². The lowest BCUT2D eigenvalue weighted by Crippen LogP contribution is -2.15. The van der Waals surface area contributed by atoms with Crippen LogP contribution in [0.15, 0.2) is 83.9 Å². The van der Waals surface area contributed by atoms with E-state index in [0.717, 1.165) is 16.7 Å². The normalized spacial score (nSPS) is 11.1. The average Bonchev–Trinajstić information content (AvgIpc) is 3.28. The molecule has 31 heavy (non-hydrogen) atoms. The summed E-state index contributed by atoms with van der Waals surface area (Å²) in [7, 11) is 0. The second-order valence-electron chi connectivity index (χ2n) is 7.07. The van der Waals surface area contributed by atoms with Gasteiger partial charge in [0.15, 0.2) is 11.4 Å². The van der Waals surface area contributed by atoms with Crippen LogP contribution in [-0.2, 0) is 0 Å². The molecule has 0 saturated heterocycles. The van der Waals surface area contributed by atoms with Crippen molar-refractivity contribution < 1.29 is 10.2 Å². The fourth-order valence-corrected chi connectivity index (χ4v) is 3.94. The maximum atomic E-state index is 12.5. The number of halogens is 1. The minimum atomic E-state index is -0.468. The van der Waals surface area contributed by atoms with Gasteiger partial charge in [-0.15, -0.1) is 0 Å². The predicted octanol–water partition coefficient (Wildman–Crippen LogP) is 5.11. The van der Waals surface area contributed by atoms with E-state index in [1.54, 1.807) is 36.5 Å². The van der Waals surface area contributed by atoms with Gasteiger partial charge in [0.2, 0.25) is 0 Å².